The van der Waals surface area contributed by atoms with Crippen molar-refractivity contribution in [1.29, 1.82) is 0 Å². The molecule has 1 unspecified atom stereocenters. The summed E-state index contributed by atoms with van der Waals surface area (Å²) in [6.07, 6.45) is 5.75. The molecule has 2 saturated heterocycles. The van der Waals surface area contributed by atoms with Gasteiger partial charge in [-0.15, -0.1) is 0 Å². The highest BCUT2D eigenvalue weighted by Crippen LogP contribution is 2.41. The predicted molar refractivity (Wildman–Crippen MR) is 120 cm³/mol. The van der Waals surface area contributed by atoms with Gasteiger partial charge in [0.05, 0.1) is 16.8 Å². The van der Waals surface area contributed by atoms with Crippen molar-refractivity contribution in [2.75, 3.05) is 31.5 Å². The second kappa shape index (κ2) is 8.27. The summed E-state index contributed by atoms with van der Waals surface area (Å²) in [5.41, 5.74) is 0.875. The second-order valence-electron chi connectivity index (χ2n) is 8.88. The first kappa shape index (κ1) is 22.4. The highest BCUT2D eigenvalue weighted by Gasteiger charge is 2.45. The van der Waals surface area contributed by atoms with Crippen molar-refractivity contribution in [2.45, 2.75) is 56.0 Å². The number of carbonyl (C=O) groups is 1. The first-order chi connectivity index (χ1) is 14.6. The summed E-state index contributed by atoms with van der Waals surface area (Å²) in [5, 5.41) is 16.1. The van der Waals surface area contributed by atoms with Crippen LogP contribution in [0.3, 0.4) is 0 Å². The van der Waals surface area contributed by atoms with Gasteiger partial charge in [0.2, 0.25) is 10.0 Å². The quantitative estimate of drug-likeness (QED) is 0.465. The van der Waals surface area contributed by atoms with Crippen LogP contribution < -0.4 is 10.6 Å². The monoisotopic (exact) mass is 468 g/mol. The molecule has 3 aliphatic rings. The van der Waals surface area contributed by atoms with Crippen molar-refractivity contribution < 1.29 is 18.3 Å². The topological polar surface area (TPSA) is 102 Å². The molecule has 10 heteroatoms. The summed E-state index contributed by atoms with van der Waals surface area (Å²) >= 11 is 6.23. The Hall–Kier alpha value is -1.81. The van der Waals surface area contributed by atoms with Crippen molar-refractivity contribution in [3.05, 3.63) is 28.8 Å². The number of nitrogens with one attached hydrogen (secondary N) is 2. The number of amides is 2. The second-order valence-corrected chi connectivity index (χ2v) is 11.2. The zero-order valence-electron chi connectivity index (χ0n) is 17.8. The number of aromatic hydroxyl groups is 1. The highest BCUT2D eigenvalue weighted by molar-refractivity contribution is 7.89. The number of rotatable bonds is 4. The average molecular weight is 469 g/mol. The smallest absolute Gasteiger partial charge is 0.319 e. The van der Waals surface area contributed by atoms with Gasteiger partial charge >= 0.3 is 6.03 Å². The third-order valence-electron chi connectivity index (χ3n) is 6.75. The maximum Gasteiger partial charge on any atom is 0.319 e. The van der Waals surface area contributed by atoms with Crippen LogP contribution in [0.4, 0.5) is 10.5 Å². The molecule has 170 valence electrons. The summed E-state index contributed by atoms with van der Waals surface area (Å²) < 4.78 is 28.3. The largest absolute Gasteiger partial charge is 0.504 e. The number of halogens is 1. The number of fused-ring (bicyclic) bond motifs is 1. The van der Waals surface area contributed by atoms with Crippen LogP contribution in [0.1, 0.15) is 39.5 Å². The molecule has 1 aliphatic carbocycles. The lowest BCUT2D eigenvalue weighted by molar-refractivity contribution is 0.0800. The number of sulfonamides is 1. The molecule has 0 saturated carbocycles. The number of urea groups is 1. The van der Waals surface area contributed by atoms with Gasteiger partial charge in [-0.3, -0.25) is 4.90 Å². The van der Waals surface area contributed by atoms with Crippen LogP contribution in [0.15, 0.2) is 28.7 Å². The summed E-state index contributed by atoms with van der Waals surface area (Å²) in [7, 11) is -4.05. The maximum atomic E-state index is 13.4. The van der Waals surface area contributed by atoms with Crippen molar-refractivity contribution in [1.82, 2.24) is 14.5 Å². The molecule has 0 aromatic heterocycles. The van der Waals surface area contributed by atoms with E-state index >= 15 is 0 Å². The normalized spacial score (nSPS) is 27.1. The van der Waals surface area contributed by atoms with E-state index in [2.05, 4.69) is 28.5 Å². The van der Waals surface area contributed by atoms with E-state index in [4.69, 9.17) is 11.6 Å². The molecule has 0 spiro atoms. The van der Waals surface area contributed by atoms with Crippen LogP contribution in [-0.4, -0.2) is 66.5 Å². The standard InChI is InChI=1S/C21H29ClN4O4S/c1-14-5-3-6-16(14)23-20(28)24-17-8-7-15(22)19(18(17)27)31(29,30)26-12-11-25-10-4-9-21(25,2)13-26/h5,7-8,16,27H,3-4,6,9-13H2,1-2H3,(H2,23,24,28)/t16-,21?/m1/s1. The molecular formula is C21H29ClN4O4S. The minimum atomic E-state index is -4.05. The number of phenolic OH excluding ortho intramolecular Hbond substituents is 1. The lowest BCUT2D eigenvalue weighted by atomic mass is 9.97. The van der Waals surface area contributed by atoms with E-state index in [0.717, 1.165) is 37.8 Å². The van der Waals surface area contributed by atoms with Crippen LogP contribution in [0.5, 0.6) is 5.75 Å². The Morgan fingerprint density at radius 3 is 2.77 bits per heavy atom. The molecule has 3 N–H and O–H groups in total. The van der Waals surface area contributed by atoms with E-state index in [1.807, 2.05) is 6.92 Å². The Morgan fingerprint density at radius 1 is 1.29 bits per heavy atom. The molecule has 2 fully saturated rings. The number of hydrogen-bond acceptors (Lipinski definition) is 5. The Balaban J connectivity index is 1.57. The number of nitrogens with zero attached hydrogens (tertiary/aromatic N) is 2. The van der Waals surface area contributed by atoms with Gasteiger partial charge in [0.1, 0.15) is 4.90 Å². The molecule has 1 aromatic rings. The minimum absolute atomic E-state index is 0.00539. The molecular weight excluding hydrogens is 440 g/mol. The maximum absolute atomic E-state index is 13.4. The third kappa shape index (κ3) is 4.16. The Bertz CT molecular complexity index is 1030. The number of hydrogen-bond donors (Lipinski definition) is 3. The molecule has 0 bridgehead atoms. The number of piperazine rings is 1. The van der Waals surface area contributed by atoms with Gasteiger partial charge in [0, 0.05) is 25.2 Å². The lowest BCUT2D eigenvalue weighted by Crippen LogP contribution is -2.58. The van der Waals surface area contributed by atoms with Crippen molar-refractivity contribution >= 4 is 33.3 Å². The zero-order valence-corrected chi connectivity index (χ0v) is 19.4. The Kier molecular flexibility index (Phi) is 5.97. The van der Waals surface area contributed by atoms with Crippen molar-refractivity contribution in [3.8, 4) is 5.75 Å². The van der Waals surface area contributed by atoms with Gasteiger partial charge in [-0.25, -0.2) is 13.2 Å². The molecule has 2 amide bonds. The fourth-order valence-electron chi connectivity index (χ4n) is 4.91. The van der Waals surface area contributed by atoms with Crippen LogP contribution in [0.2, 0.25) is 5.02 Å². The number of anilines is 1. The highest BCUT2D eigenvalue weighted by atomic mass is 35.5. The SMILES string of the molecule is CC1=CCC[C@H]1NC(=O)Nc1ccc(Cl)c(S(=O)(=O)N2CCN3CCCC3(C)C2)c1O. The predicted octanol–water partition coefficient (Wildman–Crippen LogP) is 3.13. The number of phenols is 1. The average Bonchev–Trinajstić information content (AvgIpc) is 3.28. The van der Waals surface area contributed by atoms with E-state index in [1.165, 1.54) is 16.4 Å². The van der Waals surface area contributed by atoms with Crippen LogP contribution >= 0.6 is 11.6 Å². The van der Waals surface area contributed by atoms with E-state index in [9.17, 15) is 18.3 Å². The Labute approximate surface area is 188 Å². The molecule has 2 aliphatic heterocycles. The van der Waals surface area contributed by atoms with E-state index in [0.29, 0.717) is 19.6 Å². The molecule has 2 atom stereocenters. The molecule has 31 heavy (non-hydrogen) atoms. The summed E-state index contributed by atoms with van der Waals surface area (Å²) in [6, 6.07) is 2.22. The molecule has 2 heterocycles. The summed E-state index contributed by atoms with van der Waals surface area (Å²) in [6.45, 7) is 6.32. The zero-order chi connectivity index (χ0) is 22.4. The number of carbonyl (C=O) groups excluding carboxylic acids is 1. The van der Waals surface area contributed by atoms with Gasteiger partial charge in [0.25, 0.3) is 0 Å². The van der Waals surface area contributed by atoms with Gasteiger partial charge in [-0.1, -0.05) is 23.3 Å². The first-order valence-electron chi connectivity index (χ1n) is 10.6. The van der Waals surface area contributed by atoms with Crippen LogP contribution in [0, 0.1) is 0 Å². The van der Waals surface area contributed by atoms with Gasteiger partial charge in [0.15, 0.2) is 5.75 Å². The van der Waals surface area contributed by atoms with Gasteiger partial charge < -0.3 is 15.7 Å². The van der Waals surface area contributed by atoms with Crippen molar-refractivity contribution in [3.63, 3.8) is 0 Å². The van der Waals surface area contributed by atoms with Crippen LogP contribution in [0.25, 0.3) is 0 Å². The molecule has 0 radical (unpaired) electrons. The minimum Gasteiger partial charge on any atom is -0.504 e. The fraction of sp³-hybridized carbons (Fsp3) is 0.571. The van der Waals surface area contributed by atoms with Crippen LogP contribution in [-0.2, 0) is 10.0 Å². The molecule has 1 aromatic carbocycles. The van der Waals surface area contributed by atoms with E-state index < -0.39 is 21.8 Å². The Morgan fingerprint density at radius 2 is 2.06 bits per heavy atom. The lowest BCUT2D eigenvalue weighted by Gasteiger charge is -2.44. The summed E-state index contributed by atoms with van der Waals surface area (Å²) in [5.74, 6) is -0.541. The fourth-order valence-corrected chi connectivity index (χ4v) is 7.05. The third-order valence-corrected chi connectivity index (χ3v) is 9.10. The van der Waals surface area contributed by atoms with Crippen molar-refractivity contribution in [2.24, 2.45) is 0 Å². The molecule has 4 rings (SSSR count). The number of allylic oxidation sites excluding steroid dienone is 1. The van der Waals surface area contributed by atoms with Gasteiger partial charge in [-0.05, 0) is 58.2 Å². The van der Waals surface area contributed by atoms with E-state index in [1.54, 1.807) is 0 Å². The molecule has 8 nitrogen and oxygen atoms in total. The van der Waals surface area contributed by atoms with E-state index in [-0.39, 0.29) is 27.2 Å². The number of benzene rings is 1. The summed E-state index contributed by atoms with van der Waals surface area (Å²) in [4.78, 5) is 14.4. The first-order valence-corrected chi connectivity index (χ1v) is 12.4. The van der Waals surface area contributed by atoms with Gasteiger partial charge in [-0.2, -0.15) is 4.31 Å².